The van der Waals surface area contributed by atoms with Crippen LogP contribution in [-0.2, 0) is 4.79 Å². The summed E-state index contributed by atoms with van der Waals surface area (Å²) in [7, 11) is 0. The van der Waals surface area contributed by atoms with Gasteiger partial charge >= 0.3 is 0 Å². The summed E-state index contributed by atoms with van der Waals surface area (Å²) >= 11 is 0. The van der Waals surface area contributed by atoms with Gasteiger partial charge < -0.3 is 0 Å². The Labute approximate surface area is 133 Å². The average molecular weight is 267 g/mol. The molecule has 17 heavy (non-hydrogen) atoms. The van der Waals surface area contributed by atoms with Crippen molar-refractivity contribution >= 4 is 43.5 Å². The Hall–Kier alpha value is 0.330. The molecule has 1 aliphatic rings. The Bertz CT molecular complexity index is 246. The molecular weight excluding hydrogens is 246 g/mol. The summed E-state index contributed by atoms with van der Waals surface area (Å²) in [5.74, 6) is -0.162. The number of nitro groups is 1. The van der Waals surface area contributed by atoms with Gasteiger partial charge in [0.05, 0.1) is 0 Å². The van der Waals surface area contributed by atoms with Crippen LogP contribution < -0.4 is 0 Å². The Balaban J connectivity index is 0.00000256. The summed E-state index contributed by atoms with van der Waals surface area (Å²) in [5.41, 5.74) is 0. The van der Waals surface area contributed by atoms with E-state index in [0.29, 0.717) is 12.8 Å². The predicted molar refractivity (Wildman–Crippen MR) is 67.7 cm³/mol. The fourth-order valence-corrected chi connectivity index (χ4v) is 2.25. The molecule has 1 unspecified atom stereocenters. The van der Waals surface area contributed by atoms with Crippen LogP contribution in [0.1, 0.15) is 64.2 Å². The molecule has 1 fully saturated rings. The predicted octanol–water partition coefficient (Wildman–Crippen LogP) is 2.73. The maximum atomic E-state index is 11.6. The number of carbonyl (C=O) groups is 1. The van der Waals surface area contributed by atoms with Crippen molar-refractivity contribution in [1.29, 1.82) is 0 Å². The Morgan fingerprint density at radius 3 is 1.94 bits per heavy atom. The first kappa shape index (κ1) is 17.3. The molecule has 1 rings (SSSR count). The molecule has 0 aromatic rings. The van der Waals surface area contributed by atoms with Crippen molar-refractivity contribution in [3.63, 3.8) is 0 Å². The molecule has 1 saturated carbocycles. The van der Waals surface area contributed by atoms with Crippen LogP contribution in [0, 0.1) is 10.1 Å². The molecule has 2 radical (unpaired) electrons. The fourth-order valence-electron chi connectivity index (χ4n) is 2.25. The zero-order valence-electron chi connectivity index (χ0n) is 10.5. The SMILES string of the molecule is O=C1CCCCCCCCCCC1[N+](=O)[O-].[Ca]. The van der Waals surface area contributed by atoms with E-state index in [-0.39, 0.29) is 43.5 Å². The van der Waals surface area contributed by atoms with E-state index in [9.17, 15) is 14.9 Å². The average Bonchev–Trinajstić information content (AvgIpc) is 2.22. The third kappa shape index (κ3) is 7.37. The summed E-state index contributed by atoms with van der Waals surface area (Å²) in [6.07, 6.45) is 9.32. The third-order valence-electron chi connectivity index (χ3n) is 3.28. The second kappa shape index (κ2) is 10.3. The van der Waals surface area contributed by atoms with Gasteiger partial charge in [0.2, 0.25) is 5.78 Å². The van der Waals surface area contributed by atoms with E-state index in [1.165, 1.54) is 12.8 Å². The van der Waals surface area contributed by atoms with Crippen LogP contribution in [0.5, 0.6) is 0 Å². The molecule has 0 spiro atoms. The molecule has 0 aromatic carbocycles. The van der Waals surface area contributed by atoms with Crippen molar-refractivity contribution < 1.29 is 9.72 Å². The van der Waals surface area contributed by atoms with E-state index in [1.54, 1.807) is 0 Å². The van der Waals surface area contributed by atoms with Crippen LogP contribution in [0.3, 0.4) is 0 Å². The van der Waals surface area contributed by atoms with Crippen molar-refractivity contribution in [2.24, 2.45) is 0 Å². The van der Waals surface area contributed by atoms with Gasteiger partial charge in [0, 0.05) is 55.5 Å². The van der Waals surface area contributed by atoms with Gasteiger partial charge in [-0.3, -0.25) is 14.9 Å². The van der Waals surface area contributed by atoms with Crippen LogP contribution in [0.25, 0.3) is 0 Å². The van der Waals surface area contributed by atoms with Gasteiger partial charge in [0.25, 0.3) is 6.04 Å². The number of hydrogen-bond acceptors (Lipinski definition) is 3. The van der Waals surface area contributed by atoms with E-state index < -0.39 is 11.0 Å². The van der Waals surface area contributed by atoms with E-state index in [2.05, 4.69) is 0 Å². The summed E-state index contributed by atoms with van der Waals surface area (Å²) in [6, 6.07) is -0.931. The van der Waals surface area contributed by atoms with Crippen LogP contribution in [0.2, 0.25) is 0 Å². The van der Waals surface area contributed by atoms with Gasteiger partial charge in [-0.1, -0.05) is 38.5 Å². The van der Waals surface area contributed by atoms with Gasteiger partial charge in [-0.2, -0.15) is 0 Å². The molecule has 94 valence electrons. The zero-order valence-corrected chi connectivity index (χ0v) is 12.7. The minimum atomic E-state index is -0.931. The topological polar surface area (TPSA) is 60.2 Å². The van der Waals surface area contributed by atoms with Crippen LogP contribution in [0.4, 0.5) is 0 Å². The molecule has 1 aliphatic carbocycles. The molecular formula is C12H21CaNO3. The maximum absolute atomic E-state index is 11.6. The first-order valence-corrected chi connectivity index (χ1v) is 6.38. The van der Waals surface area contributed by atoms with Gasteiger partial charge in [0.15, 0.2) is 0 Å². The summed E-state index contributed by atoms with van der Waals surface area (Å²) in [5, 5.41) is 10.8. The van der Waals surface area contributed by atoms with Crippen molar-refractivity contribution in [2.45, 2.75) is 70.3 Å². The van der Waals surface area contributed by atoms with Crippen LogP contribution in [-0.4, -0.2) is 54.5 Å². The molecule has 0 saturated heterocycles. The minimum absolute atomic E-state index is 0. The smallest absolute Gasteiger partial charge is 0.270 e. The van der Waals surface area contributed by atoms with Crippen molar-refractivity contribution in [3.05, 3.63) is 10.1 Å². The van der Waals surface area contributed by atoms with Crippen molar-refractivity contribution in [1.82, 2.24) is 0 Å². The molecule has 0 heterocycles. The molecule has 0 aliphatic heterocycles. The number of rotatable bonds is 1. The standard InChI is InChI=1S/C12H21NO3.Ca/c14-12-10-8-6-4-2-1-3-5-7-9-11(12)13(15)16;/h11H,1-10H2;. The van der Waals surface area contributed by atoms with Crippen molar-refractivity contribution in [2.75, 3.05) is 0 Å². The van der Waals surface area contributed by atoms with E-state index in [1.807, 2.05) is 0 Å². The molecule has 1 atom stereocenters. The number of ketones is 1. The second-order valence-electron chi connectivity index (χ2n) is 4.63. The minimum Gasteiger partial charge on any atom is -0.292 e. The first-order valence-electron chi connectivity index (χ1n) is 6.38. The van der Waals surface area contributed by atoms with Crippen LogP contribution in [0.15, 0.2) is 0 Å². The van der Waals surface area contributed by atoms with Gasteiger partial charge in [-0.25, -0.2) is 0 Å². The Morgan fingerprint density at radius 1 is 0.941 bits per heavy atom. The number of hydrogen-bond donors (Lipinski definition) is 0. The molecule has 0 amide bonds. The van der Waals surface area contributed by atoms with E-state index in [4.69, 9.17) is 0 Å². The number of nitrogens with zero attached hydrogens (tertiary/aromatic N) is 1. The van der Waals surface area contributed by atoms with E-state index in [0.717, 1.165) is 38.5 Å². The van der Waals surface area contributed by atoms with E-state index >= 15 is 0 Å². The normalized spacial score (nSPS) is 24.0. The zero-order chi connectivity index (χ0) is 11.8. The summed E-state index contributed by atoms with van der Waals surface area (Å²) < 4.78 is 0. The molecule has 0 bridgehead atoms. The van der Waals surface area contributed by atoms with Crippen molar-refractivity contribution in [3.8, 4) is 0 Å². The first-order chi connectivity index (χ1) is 7.72. The van der Waals surface area contributed by atoms with Crippen LogP contribution >= 0.6 is 0 Å². The second-order valence-corrected chi connectivity index (χ2v) is 4.63. The maximum Gasteiger partial charge on any atom is 0.270 e. The molecule has 5 heteroatoms. The van der Waals surface area contributed by atoms with Gasteiger partial charge in [0.1, 0.15) is 0 Å². The number of Topliss-reactive ketones (excluding diaryl/α,β-unsaturated/α-hetero) is 1. The molecule has 0 N–H and O–H groups in total. The summed E-state index contributed by atoms with van der Waals surface area (Å²) in [4.78, 5) is 22.0. The monoisotopic (exact) mass is 267 g/mol. The van der Waals surface area contributed by atoms with Gasteiger partial charge in [-0.15, -0.1) is 0 Å². The summed E-state index contributed by atoms with van der Waals surface area (Å²) in [6.45, 7) is 0. The Morgan fingerprint density at radius 2 is 1.41 bits per heavy atom. The fraction of sp³-hybridized carbons (Fsp3) is 0.917. The quantitative estimate of drug-likeness (QED) is 0.417. The number of carbonyl (C=O) groups excluding carboxylic acids is 1. The Kier molecular flexibility index (Phi) is 10.5. The molecule has 0 aromatic heterocycles. The van der Waals surface area contributed by atoms with Gasteiger partial charge in [-0.05, 0) is 12.8 Å². The third-order valence-corrected chi connectivity index (χ3v) is 3.28. The molecule has 4 nitrogen and oxygen atoms in total. The largest absolute Gasteiger partial charge is 0.292 e.